The van der Waals surface area contributed by atoms with E-state index in [1.165, 1.54) is 12.3 Å². The van der Waals surface area contributed by atoms with Gasteiger partial charge in [0.1, 0.15) is 18.3 Å². The van der Waals surface area contributed by atoms with Gasteiger partial charge in [-0.15, -0.1) is 0 Å². The highest BCUT2D eigenvalue weighted by molar-refractivity contribution is 5.01. The third-order valence-electron chi connectivity index (χ3n) is 3.98. The first-order valence-electron chi connectivity index (χ1n) is 7.35. The first-order valence-corrected chi connectivity index (χ1v) is 7.35. The van der Waals surface area contributed by atoms with Crippen LogP contribution in [0.3, 0.4) is 0 Å². The number of hydrogen-bond acceptors (Lipinski definition) is 7. The summed E-state index contributed by atoms with van der Waals surface area (Å²) in [5.41, 5.74) is -0.702. The highest BCUT2D eigenvalue weighted by atomic mass is 16.6. The monoisotopic (exact) mass is 338 g/mol. The summed E-state index contributed by atoms with van der Waals surface area (Å²) in [6.45, 7) is -0.537. The van der Waals surface area contributed by atoms with Crippen molar-refractivity contribution in [2.45, 2.75) is 31.1 Å². The SMILES string of the molecule is Cn1ccc(Cn2c(=O)ccn([C@@H]3O[C@H](CO)[C@H](O)[C@@H]3O)c2=O)n1. The molecule has 0 saturated carbocycles. The van der Waals surface area contributed by atoms with Crippen molar-refractivity contribution >= 4 is 0 Å². The molecule has 0 aromatic carbocycles. The highest BCUT2D eigenvalue weighted by Crippen LogP contribution is 2.27. The van der Waals surface area contributed by atoms with Crippen LogP contribution in [0.5, 0.6) is 0 Å². The molecular formula is C14H18N4O6. The zero-order chi connectivity index (χ0) is 17.4. The number of aryl methyl sites for hydroxylation is 1. The van der Waals surface area contributed by atoms with E-state index in [9.17, 15) is 19.8 Å². The molecule has 24 heavy (non-hydrogen) atoms. The lowest BCUT2D eigenvalue weighted by Gasteiger charge is -2.18. The minimum absolute atomic E-state index is 0.0336. The van der Waals surface area contributed by atoms with Crippen molar-refractivity contribution in [2.75, 3.05) is 6.61 Å². The Balaban J connectivity index is 1.98. The molecule has 130 valence electrons. The molecule has 3 N–H and O–H groups in total. The van der Waals surface area contributed by atoms with Crippen LogP contribution < -0.4 is 11.2 Å². The van der Waals surface area contributed by atoms with E-state index in [0.29, 0.717) is 5.69 Å². The highest BCUT2D eigenvalue weighted by Gasteiger charge is 2.43. The van der Waals surface area contributed by atoms with Crippen LogP contribution in [-0.2, 0) is 18.3 Å². The summed E-state index contributed by atoms with van der Waals surface area (Å²) in [6.07, 6.45) is -2.05. The van der Waals surface area contributed by atoms with Crippen LogP contribution in [0.1, 0.15) is 11.9 Å². The molecule has 0 aliphatic carbocycles. The average molecular weight is 338 g/mol. The molecule has 10 heteroatoms. The maximum atomic E-state index is 12.6. The lowest BCUT2D eigenvalue weighted by atomic mass is 10.1. The fourth-order valence-corrected chi connectivity index (χ4v) is 2.69. The molecule has 4 atom stereocenters. The van der Waals surface area contributed by atoms with Crippen molar-refractivity contribution in [2.24, 2.45) is 7.05 Å². The molecule has 0 amide bonds. The van der Waals surface area contributed by atoms with E-state index < -0.39 is 42.4 Å². The quantitative estimate of drug-likeness (QED) is 0.557. The predicted octanol–water partition coefficient (Wildman–Crippen LogP) is -2.60. The summed E-state index contributed by atoms with van der Waals surface area (Å²) in [5, 5.41) is 33.1. The van der Waals surface area contributed by atoms with Gasteiger partial charge in [0, 0.05) is 25.5 Å². The number of aromatic nitrogens is 4. The Morgan fingerprint density at radius 3 is 2.54 bits per heavy atom. The minimum Gasteiger partial charge on any atom is -0.394 e. The Morgan fingerprint density at radius 2 is 1.96 bits per heavy atom. The standard InChI is InChI=1S/C14H18N4O6/c1-16-4-2-8(15-16)6-18-10(20)3-5-17(14(18)23)13-12(22)11(21)9(7-19)24-13/h2-5,9,11-13,19,21-22H,6-7H2,1H3/t9-,11+,12+,13-/m1/s1. The third-order valence-corrected chi connectivity index (χ3v) is 3.98. The van der Waals surface area contributed by atoms with Gasteiger partial charge in [0.25, 0.3) is 5.56 Å². The Labute approximate surface area is 135 Å². The van der Waals surface area contributed by atoms with Gasteiger partial charge in [-0.1, -0.05) is 0 Å². The predicted molar refractivity (Wildman–Crippen MR) is 80.3 cm³/mol. The van der Waals surface area contributed by atoms with Crippen molar-refractivity contribution in [3.63, 3.8) is 0 Å². The summed E-state index contributed by atoms with van der Waals surface area (Å²) in [4.78, 5) is 24.6. The van der Waals surface area contributed by atoms with Gasteiger partial charge >= 0.3 is 5.69 Å². The first-order chi connectivity index (χ1) is 11.4. The average Bonchev–Trinajstić information content (AvgIpc) is 3.09. The minimum atomic E-state index is -1.40. The normalized spacial score (nSPS) is 26.8. The van der Waals surface area contributed by atoms with Crippen LogP contribution >= 0.6 is 0 Å². The number of ether oxygens (including phenoxy) is 1. The molecule has 1 fully saturated rings. The number of rotatable bonds is 4. The maximum absolute atomic E-state index is 12.6. The molecular weight excluding hydrogens is 320 g/mol. The summed E-state index contributed by atoms with van der Waals surface area (Å²) >= 11 is 0. The van der Waals surface area contributed by atoms with E-state index in [-0.39, 0.29) is 6.54 Å². The number of aliphatic hydroxyl groups is 3. The molecule has 0 bridgehead atoms. The van der Waals surface area contributed by atoms with E-state index >= 15 is 0 Å². The van der Waals surface area contributed by atoms with Crippen molar-refractivity contribution < 1.29 is 20.1 Å². The number of nitrogens with zero attached hydrogens (tertiary/aromatic N) is 4. The Hall–Kier alpha value is -2.27. The number of aliphatic hydroxyl groups excluding tert-OH is 3. The van der Waals surface area contributed by atoms with Crippen LogP contribution in [0.15, 0.2) is 34.1 Å². The second kappa shape index (κ2) is 6.32. The van der Waals surface area contributed by atoms with Crippen molar-refractivity contribution in [1.29, 1.82) is 0 Å². The van der Waals surface area contributed by atoms with E-state index in [1.54, 1.807) is 24.0 Å². The molecule has 2 aromatic rings. The van der Waals surface area contributed by atoms with Gasteiger partial charge in [0.05, 0.1) is 18.8 Å². The summed E-state index contributed by atoms with van der Waals surface area (Å²) in [5.74, 6) is 0. The molecule has 2 aromatic heterocycles. The lowest BCUT2D eigenvalue weighted by molar-refractivity contribution is -0.0555. The third kappa shape index (κ3) is 2.80. The van der Waals surface area contributed by atoms with Gasteiger partial charge < -0.3 is 20.1 Å². The van der Waals surface area contributed by atoms with Crippen LogP contribution in [0.25, 0.3) is 0 Å². The molecule has 0 unspecified atom stereocenters. The van der Waals surface area contributed by atoms with E-state index in [4.69, 9.17) is 9.84 Å². The summed E-state index contributed by atoms with van der Waals surface area (Å²) in [6, 6.07) is 2.84. The van der Waals surface area contributed by atoms with Crippen LogP contribution in [0.4, 0.5) is 0 Å². The summed E-state index contributed by atoms with van der Waals surface area (Å²) < 4.78 is 8.86. The topological polar surface area (TPSA) is 132 Å². The molecule has 3 rings (SSSR count). The lowest BCUT2D eigenvalue weighted by Crippen LogP contribution is -2.43. The molecule has 1 aliphatic rings. The van der Waals surface area contributed by atoms with Gasteiger partial charge in [0.15, 0.2) is 6.23 Å². The van der Waals surface area contributed by atoms with Crippen molar-refractivity contribution in [3.8, 4) is 0 Å². The second-order valence-corrected chi connectivity index (χ2v) is 5.64. The van der Waals surface area contributed by atoms with Gasteiger partial charge in [-0.25, -0.2) is 4.79 Å². The fraction of sp³-hybridized carbons (Fsp3) is 0.500. The molecule has 0 radical (unpaired) electrons. The van der Waals surface area contributed by atoms with Gasteiger partial charge in [-0.2, -0.15) is 5.10 Å². The van der Waals surface area contributed by atoms with E-state index in [0.717, 1.165) is 9.13 Å². The maximum Gasteiger partial charge on any atom is 0.333 e. The van der Waals surface area contributed by atoms with Gasteiger partial charge in [0.2, 0.25) is 0 Å². The summed E-state index contributed by atoms with van der Waals surface area (Å²) in [7, 11) is 1.72. The van der Waals surface area contributed by atoms with Crippen LogP contribution in [-0.4, -0.2) is 59.2 Å². The molecule has 1 saturated heterocycles. The molecule has 10 nitrogen and oxygen atoms in total. The molecule has 0 spiro atoms. The van der Waals surface area contributed by atoms with Crippen molar-refractivity contribution in [1.82, 2.24) is 18.9 Å². The van der Waals surface area contributed by atoms with E-state index in [1.807, 2.05) is 0 Å². The zero-order valence-corrected chi connectivity index (χ0v) is 12.9. The largest absolute Gasteiger partial charge is 0.394 e. The van der Waals surface area contributed by atoms with Gasteiger partial charge in [-0.3, -0.25) is 18.6 Å². The molecule has 3 heterocycles. The molecule has 1 aliphatic heterocycles. The Kier molecular flexibility index (Phi) is 4.37. The number of hydrogen-bond donors (Lipinski definition) is 3. The second-order valence-electron chi connectivity index (χ2n) is 5.64. The van der Waals surface area contributed by atoms with E-state index in [2.05, 4.69) is 5.10 Å². The van der Waals surface area contributed by atoms with Crippen LogP contribution in [0.2, 0.25) is 0 Å². The van der Waals surface area contributed by atoms with Crippen LogP contribution in [0, 0.1) is 0 Å². The smallest absolute Gasteiger partial charge is 0.333 e. The van der Waals surface area contributed by atoms with Crippen molar-refractivity contribution in [3.05, 3.63) is 51.1 Å². The fourth-order valence-electron chi connectivity index (χ4n) is 2.69. The zero-order valence-electron chi connectivity index (χ0n) is 12.9. The Morgan fingerprint density at radius 1 is 1.21 bits per heavy atom. The first kappa shape index (κ1) is 16.6. The Bertz CT molecular complexity index is 840. The van der Waals surface area contributed by atoms with Gasteiger partial charge in [-0.05, 0) is 6.07 Å².